The molecule has 0 spiro atoms. The van der Waals surface area contributed by atoms with Gasteiger partial charge in [-0.1, -0.05) is 35.6 Å². The normalized spacial score (nSPS) is 14.3. The van der Waals surface area contributed by atoms with E-state index in [1.807, 2.05) is 0 Å². The summed E-state index contributed by atoms with van der Waals surface area (Å²) >= 11 is 3.10. The van der Waals surface area contributed by atoms with Crippen LogP contribution in [0.5, 0.6) is 0 Å². The molecule has 0 saturated heterocycles. The van der Waals surface area contributed by atoms with Crippen LogP contribution < -0.4 is 5.73 Å². The van der Waals surface area contributed by atoms with Crippen LogP contribution in [0.25, 0.3) is 11.0 Å². The third kappa shape index (κ3) is 5.20. The van der Waals surface area contributed by atoms with Crippen molar-refractivity contribution in [3.8, 4) is 0 Å². The van der Waals surface area contributed by atoms with Gasteiger partial charge in [-0.25, -0.2) is 13.8 Å². The average Bonchev–Trinajstić information content (AvgIpc) is 3.39. The molecule has 1 amide bonds. The van der Waals surface area contributed by atoms with E-state index in [1.54, 1.807) is 17.6 Å². The van der Waals surface area contributed by atoms with Crippen molar-refractivity contribution in [1.29, 1.82) is 0 Å². The zero-order valence-corrected chi connectivity index (χ0v) is 23.7. The molecule has 0 aliphatic carbocycles. The van der Waals surface area contributed by atoms with Crippen LogP contribution in [0.3, 0.4) is 0 Å². The van der Waals surface area contributed by atoms with Crippen LogP contribution in [0.1, 0.15) is 40.1 Å². The Balaban J connectivity index is 1.73. The van der Waals surface area contributed by atoms with Gasteiger partial charge < -0.3 is 24.7 Å². The summed E-state index contributed by atoms with van der Waals surface area (Å²) in [7, 11) is 0.215. The van der Waals surface area contributed by atoms with Crippen molar-refractivity contribution in [3.63, 3.8) is 0 Å². The maximum atomic E-state index is 14.7. The van der Waals surface area contributed by atoms with E-state index in [0.717, 1.165) is 22.7 Å². The van der Waals surface area contributed by atoms with E-state index in [4.69, 9.17) is 15.2 Å². The number of nitrogens with two attached hydrogens (primary N) is 1. The molecule has 3 aromatic rings. The number of pyridine rings is 1. The Labute approximate surface area is 218 Å². The highest BCUT2D eigenvalue weighted by Crippen LogP contribution is 2.35. The molecule has 11 heteroatoms. The first-order chi connectivity index (χ1) is 16.9. The van der Waals surface area contributed by atoms with Crippen molar-refractivity contribution >= 4 is 46.8 Å². The minimum absolute atomic E-state index is 0.135. The molecule has 2 N–H and O–H groups in total. The lowest BCUT2D eigenvalue weighted by molar-refractivity contribution is 0.0667. The molecule has 0 bridgehead atoms. The van der Waals surface area contributed by atoms with Gasteiger partial charge in [-0.3, -0.25) is 4.79 Å². The monoisotopic (exact) mass is 580 g/mol. The van der Waals surface area contributed by atoms with Crippen molar-refractivity contribution in [1.82, 2.24) is 14.5 Å². The first-order valence-electron chi connectivity index (χ1n) is 11.8. The molecule has 7 nitrogen and oxygen atoms in total. The molecule has 1 unspecified atom stereocenters. The van der Waals surface area contributed by atoms with E-state index >= 15 is 0 Å². The van der Waals surface area contributed by atoms with Gasteiger partial charge in [-0.2, -0.15) is 0 Å². The van der Waals surface area contributed by atoms with Crippen LogP contribution in [-0.4, -0.2) is 42.1 Å². The summed E-state index contributed by atoms with van der Waals surface area (Å²) in [5.74, 6) is -1.50. The molecule has 4 rings (SSSR count). The topological polar surface area (TPSA) is 82.6 Å². The lowest BCUT2D eigenvalue weighted by Gasteiger charge is -2.27. The second-order valence-electron chi connectivity index (χ2n) is 10.4. The Bertz CT molecular complexity index is 1300. The van der Waals surface area contributed by atoms with Gasteiger partial charge in [0.2, 0.25) is 0 Å². The Hall–Kier alpha value is -2.34. The third-order valence-corrected chi connectivity index (χ3v) is 8.73. The SMILES string of the molecule is CC(c1c(F)cc(Br)cc1F)N(C)C(=O)c1cc2nc(N)c3c(c2n1COCC[Si](C)(C)C)COC3. The van der Waals surface area contributed by atoms with Crippen LogP contribution in [0.15, 0.2) is 22.7 Å². The Morgan fingerprint density at radius 2 is 1.89 bits per heavy atom. The summed E-state index contributed by atoms with van der Waals surface area (Å²) in [5, 5.41) is 0. The van der Waals surface area contributed by atoms with Crippen LogP contribution in [-0.2, 0) is 29.4 Å². The highest BCUT2D eigenvalue weighted by atomic mass is 79.9. The van der Waals surface area contributed by atoms with Gasteiger partial charge in [-0.05, 0) is 31.2 Å². The summed E-state index contributed by atoms with van der Waals surface area (Å²) in [6.45, 7) is 9.80. The van der Waals surface area contributed by atoms with Crippen molar-refractivity contribution in [2.75, 3.05) is 19.4 Å². The summed E-state index contributed by atoms with van der Waals surface area (Å²) in [6.07, 6.45) is 0. The van der Waals surface area contributed by atoms with Crippen molar-refractivity contribution < 1.29 is 23.0 Å². The number of fused-ring (bicyclic) bond motifs is 3. The quantitative estimate of drug-likeness (QED) is 0.267. The number of anilines is 1. The fourth-order valence-electron chi connectivity index (χ4n) is 4.35. The second kappa shape index (κ2) is 10.2. The van der Waals surface area contributed by atoms with Gasteiger partial charge in [0.1, 0.15) is 29.9 Å². The number of ether oxygens (including phenoxy) is 2. The summed E-state index contributed by atoms with van der Waals surface area (Å²) in [5.41, 5.74) is 9.26. The molecule has 36 heavy (non-hydrogen) atoms. The third-order valence-electron chi connectivity index (χ3n) is 6.57. The van der Waals surface area contributed by atoms with Crippen molar-refractivity contribution in [3.05, 3.63) is 56.7 Å². The fraction of sp³-hybridized carbons (Fsp3) is 0.440. The number of halogens is 3. The summed E-state index contributed by atoms with van der Waals surface area (Å²) in [6, 6.07) is 4.14. The predicted octanol–water partition coefficient (Wildman–Crippen LogP) is 5.83. The average molecular weight is 582 g/mol. The number of carbonyl (C=O) groups is 1. The molecule has 2 aromatic heterocycles. The molecule has 3 heterocycles. The number of rotatable bonds is 8. The lowest BCUT2D eigenvalue weighted by atomic mass is 10.1. The zero-order valence-electron chi connectivity index (χ0n) is 21.1. The molecule has 0 radical (unpaired) electrons. The minimum atomic E-state index is -1.31. The maximum Gasteiger partial charge on any atom is 0.270 e. The van der Waals surface area contributed by atoms with E-state index in [9.17, 15) is 13.6 Å². The van der Waals surface area contributed by atoms with E-state index in [2.05, 4.69) is 40.6 Å². The number of nitrogens with zero attached hydrogens (tertiary/aromatic N) is 3. The molecule has 0 saturated carbocycles. The standard InChI is InChI=1S/C25H31BrF2N4O3Si/c1-14(22-18(27)8-15(26)9-19(22)28)31(2)25(33)21-10-20-23(16-11-35-12-17(16)24(29)30-20)32(21)13-34-6-7-36(3,4)5/h8-10,14H,6-7,11-13H2,1-5H3,(H2,29,30). The number of hydrogen-bond donors (Lipinski definition) is 1. The first-order valence-corrected chi connectivity index (χ1v) is 16.3. The second-order valence-corrected chi connectivity index (χ2v) is 16.9. The van der Waals surface area contributed by atoms with Crippen LogP contribution in [0.4, 0.5) is 14.6 Å². The summed E-state index contributed by atoms with van der Waals surface area (Å²) < 4.78 is 43.0. The van der Waals surface area contributed by atoms with E-state index in [1.165, 1.54) is 24.1 Å². The molecule has 1 aromatic carbocycles. The number of nitrogen functional groups attached to an aromatic ring is 1. The lowest BCUT2D eigenvalue weighted by Crippen LogP contribution is -2.32. The molecule has 1 aliphatic rings. The number of hydrogen-bond acceptors (Lipinski definition) is 5. The molecule has 0 fully saturated rings. The van der Waals surface area contributed by atoms with Crippen molar-refractivity contribution in [2.45, 2.75) is 58.6 Å². The molecular formula is C25H31BrF2N4O3Si. The Kier molecular flexibility index (Phi) is 7.57. The largest absolute Gasteiger partial charge is 0.383 e. The molecule has 1 aliphatic heterocycles. The van der Waals surface area contributed by atoms with Gasteiger partial charge in [-0.15, -0.1) is 0 Å². The number of amides is 1. The van der Waals surface area contributed by atoms with E-state index < -0.39 is 31.7 Å². The Morgan fingerprint density at radius 3 is 2.53 bits per heavy atom. The number of benzene rings is 1. The number of carbonyl (C=O) groups excluding carboxylic acids is 1. The van der Waals surface area contributed by atoms with Gasteiger partial charge in [0.15, 0.2) is 0 Å². The van der Waals surface area contributed by atoms with Crippen LogP contribution in [0.2, 0.25) is 25.7 Å². The van der Waals surface area contributed by atoms with Gasteiger partial charge in [0.25, 0.3) is 5.91 Å². The highest BCUT2D eigenvalue weighted by molar-refractivity contribution is 9.10. The molecular weight excluding hydrogens is 550 g/mol. The smallest absolute Gasteiger partial charge is 0.270 e. The minimum Gasteiger partial charge on any atom is -0.383 e. The van der Waals surface area contributed by atoms with E-state index in [0.29, 0.717) is 36.8 Å². The fourth-order valence-corrected chi connectivity index (χ4v) is 5.51. The van der Waals surface area contributed by atoms with Crippen LogP contribution in [0, 0.1) is 11.6 Å². The Morgan fingerprint density at radius 1 is 1.25 bits per heavy atom. The van der Waals surface area contributed by atoms with Gasteiger partial charge in [0.05, 0.1) is 30.3 Å². The van der Waals surface area contributed by atoms with Gasteiger partial charge >= 0.3 is 0 Å². The zero-order chi connectivity index (χ0) is 26.4. The van der Waals surface area contributed by atoms with Crippen LogP contribution >= 0.6 is 15.9 Å². The highest BCUT2D eigenvalue weighted by Gasteiger charge is 2.30. The van der Waals surface area contributed by atoms with E-state index in [-0.39, 0.29) is 16.8 Å². The summed E-state index contributed by atoms with van der Waals surface area (Å²) in [4.78, 5) is 19.6. The number of aromatic nitrogens is 2. The van der Waals surface area contributed by atoms with Gasteiger partial charge in [0, 0.05) is 42.9 Å². The van der Waals surface area contributed by atoms with Crippen molar-refractivity contribution in [2.24, 2.45) is 0 Å². The molecule has 194 valence electrons. The maximum absolute atomic E-state index is 14.7. The molecule has 1 atom stereocenters. The predicted molar refractivity (Wildman–Crippen MR) is 141 cm³/mol. The first kappa shape index (κ1) is 26.7.